The van der Waals surface area contributed by atoms with Crippen molar-refractivity contribution in [3.63, 3.8) is 0 Å². The van der Waals surface area contributed by atoms with Crippen LogP contribution in [0.25, 0.3) is 0 Å². The Morgan fingerprint density at radius 2 is 2.00 bits per heavy atom. The van der Waals surface area contributed by atoms with Crippen LogP contribution in [0.3, 0.4) is 0 Å². The third kappa shape index (κ3) is 3.64. The number of methoxy groups -OCH3 is 1. The van der Waals surface area contributed by atoms with Crippen LogP contribution in [0.5, 0.6) is 0 Å². The zero-order valence-corrected chi connectivity index (χ0v) is 13.2. The largest absolute Gasteiger partial charge is 0.444 e. The average Bonchev–Trinajstić information content (AvgIpc) is 2.52. The topological polar surface area (TPSA) is 59.6 Å². The molecule has 2 N–H and O–H groups in total. The average molecular weight is 284 g/mol. The number of nitrogens with one attached hydrogen (secondary N) is 2. The van der Waals surface area contributed by atoms with Crippen LogP contribution >= 0.6 is 0 Å². The van der Waals surface area contributed by atoms with E-state index in [1.54, 1.807) is 7.11 Å². The minimum Gasteiger partial charge on any atom is -0.444 e. The van der Waals surface area contributed by atoms with E-state index in [9.17, 15) is 4.79 Å². The van der Waals surface area contributed by atoms with E-state index in [0.29, 0.717) is 17.9 Å². The predicted molar refractivity (Wildman–Crippen MR) is 77.6 cm³/mol. The summed E-state index contributed by atoms with van der Waals surface area (Å²) in [5.74, 6) is 1.17. The fourth-order valence-corrected chi connectivity index (χ4v) is 3.53. The standard InChI is InChI=1S/C15H28N2O3/c1-9-6-10-7-11(13(19-5)12(9)16-8-10)17-14(18)20-15(2,3)4/h9-13,16H,6-8H2,1-5H3,(H,17,18)/t9-,10?,11+,12?,13+/m1/s1. The van der Waals surface area contributed by atoms with E-state index in [4.69, 9.17) is 9.47 Å². The van der Waals surface area contributed by atoms with Crippen molar-refractivity contribution in [1.82, 2.24) is 10.6 Å². The van der Waals surface area contributed by atoms with E-state index in [1.807, 2.05) is 20.8 Å². The molecule has 2 aliphatic heterocycles. The van der Waals surface area contributed by atoms with Gasteiger partial charge in [0.1, 0.15) is 5.60 Å². The molecule has 3 rings (SSSR count). The second-order valence-electron chi connectivity index (χ2n) is 7.20. The van der Waals surface area contributed by atoms with Crippen LogP contribution in [0.2, 0.25) is 0 Å². The lowest BCUT2D eigenvalue weighted by Crippen LogP contribution is -2.54. The fraction of sp³-hybridized carbons (Fsp3) is 0.933. The summed E-state index contributed by atoms with van der Waals surface area (Å²) in [6.07, 6.45) is 1.80. The molecule has 3 aliphatic rings. The molecule has 2 bridgehead atoms. The Balaban J connectivity index is 2.04. The molecule has 0 aromatic carbocycles. The zero-order valence-electron chi connectivity index (χ0n) is 13.2. The highest BCUT2D eigenvalue weighted by Gasteiger charge is 2.43. The van der Waals surface area contributed by atoms with E-state index in [1.165, 1.54) is 6.42 Å². The van der Waals surface area contributed by atoms with Crippen LogP contribution in [0.1, 0.15) is 40.5 Å². The molecular formula is C15H28N2O3. The summed E-state index contributed by atoms with van der Waals surface area (Å²) < 4.78 is 11.0. The van der Waals surface area contributed by atoms with Gasteiger partial charge in [0.2, 0.25) is 0 Å². The minimum absolute atomic E-state index is 0.00465. The molecule has 0 spiro atoms. The highest BCUT2D eigenvalue weighted by Crippen LogP contribution is 2.33. The number of piperidine rings is 1. The second kappa shape index (κ2) is 5.90. The Morgan fingerprint density at radius 3 is 2.55 bits per heavy atom. The van der Waals surface area contributed by atoms with Crippen LogP contribution in [-0.4, -0.2) is 43.5 Å². The molecule has 0 aromatic rings. The van der Waals surface area contributed by atoms with Gasteiger partial charge in [0.25, 0.3) is 0 Å². The van der Waals surface area contributed by atoms with Crippen molar-refractivity contribution in [1.29, 1.82) is 0 Å². The molecule has 116 valence electrons. The number of amides is 1. The lowest BCUT2D eigenvalue weighted by atomic mass is 9.87. The molecule has 1 amide bonds. The first-order valence-corrected chi connectivity index (χ1v) is 7.56. The molecule has 5 atom stereocenters. The molecule has 5 heteroatoms. The minimum atomic E-state index is -0.470. The van der Waals surface area contributed by atoms with Gasteiger partial charge in [-0.3, -0.25) is 0 Å². The van der Waals surface area contributed by atoms with Crippen LogP contribution in [0, 0.1) is 11.8 Å². The highest BCUT2D eigenvalue weighted by molar-refractivity contribution is 5.68. The first-order valence-electron chi connectivity index (χ1n) is 7.56. The van der Waals surface area contributed by atoms with Crippen LogP contribution in [0.15, 0.2) is 0 Å². The van der Waals surface area contributed by atoms with Crippen molar-refractivity contribution in [2.45, 2.75) is 64.3 Å². The summed E-state index contributed by atoms with van der Waals surface area (Å²) in [7, 11) is 1.72. The summed E-state index contributed by atoms with van der Waals surface area (Å²) in [6.45, 7) is 8.90. The Kier molecular flexibility index (Phi) is 4.59. The molecule has 2 heterocycles. The van der Waals surface area contributed by atoms with Crippen molar-refractivity contribution in [2.75, 3.05) is 13.7 Å². The maximum absolute atomic E-state index is 12.0. The van der Waals surface area contributed by atoms with Gasteiger partial charge in [0.05, 0.1) is 12.1 Å². The first kappa shape index (κ1) is 15.6. The van der Waals surface area contributed by atoms with Crippen LogP contribution in [0.4, 0.5) is 4.79 Å². The molecule has 5 nitrogen and oxygen atoms in total. The number of rotatable bonds is 2. The number of hydrogen-bond acceptors (Lipinski definition) is 4. The van der Waals surface area contributed by atoms with Gasteiger partial charge in [-0.25, -0.2) is 4.79 Å². The molecule has 0 radical (unpaired) electrons. The summed E-state index contributed by atoms with van der Waals surface area (Å²) in [5, 5.41) is 6.58. The smallest absolute Gasteiger partial charge is 0.407 e. The molecular weight excluding hydrogens is 256 g/mol. The van der Waals surface area contributed by atoms with Crippen molar-refractivity contribution < 1.29 is 14.3 Å². The normalized spacial score (nSPS) is 37.4. The molecule has 0 aromatic heterocycles. The zero-order chi connectivity index (χ0) is 14.9. The first-order chi connectivity index (χ1) is 9.30. The molecule has 2 unspecified atom stereocenters. The SMILES string of the molecule is CO[C@@H]1C2NCC(C[C@H]2C)C[C@@H]1NC(=O)OC(C)(C)C. The monoisotopic (exact) mass is 284 g/mol. The number of ether oxygens (including phenoxy) is 2. The molecule has 20 heavy (non-hydrogen) atoms. The quantitative estimate of drug-likeness (QED) is 0.813. The summed E-state index contributed by atoms with van der Waals surface area (Å²) in [5.41, 5.74) is -0.470. The fourth-order valence-electron chi connectivity index (χ4n) is 3.53. The lowest BCUT2D eigenvalue weighted by Gasteiger charge is -2.35. The lowest BCUT2D eigenvalue weighted by molar-refractivity contribution is 0.0168. The highest BCUT2D eigenvalue weighted by atomic mass is 16.6. The van der Waals surface area contributed by atoms with E-state index in [0.717, 1.165) is 13.0 Å². The molecule has 3 fully saturated rings. The predicted octanol–water partition coefficient (Wildman–Crippen LogP) is 1.91. The van der Waals surface area contributed by atoms with Gasteiger partial charge >= 0.3 is 6.09 Å². The number of carbonyl (C=O) groups excluding carboxylic acids is 1. The summed E-state index contributed by atoms with van der Waals surface area (Å²) in [6, 6.07) is 0.323. The Hall–Kier alpha value is -0.810. The van der Waals surface area contributed by atoms with Gasteiger partial charge in [-0.2, -0.15) is 0 Å². The van der Waals surface area contributed by atoms with E-state index < -0.39 is 5.60 Å². The van der Waals surface area contributed by atoms with E-state index in [2.05, 4.69) is 17.6 Å². The second-order valence-corrected chi connectivity index (χ2v) is 7.20. The Morgan fingerprint density at radius 1 is 1.30 bits per heavy atom. The van der Waals surface area contributed by atoms with Crippen LogP contribution in [-0.2, 0) is 9.47 Å². The Bertz CT molecular complexity index is 354. The third-order valence-corrected chi connectivity index (χ3v) is 4.27. The summed E-state index contributed by atoms with van der Waals surface area (Å²) in [4.78, 5) is 12.0. The third-order valence-electron chi connectivity index (χ3n) is 4.27. The van der Waals surface area contributed by atoms with Crippen LogP contribution < -0.4 is 10.6 Å². The van der Waals surface area contributed by atoms with Gasteiger partial charge in [-0.1, -0.05) is 6.92 Å². The van der Waals surface area contributed by atoms with Crippen molar-refractivity contribution in [3.8, 4) is 0 Å². The van der Waals surface area contributed by atoms with Crippen molar-refractivity contribution in [2.24, 2.45) is 11.8 Å². The Labute approximate surface area is 121 Å². The number of hydrogen-bond donors (Lipinski definition) is 2. The molecule has 1 saturated carbocycles. The van der Waals surface area contributed by atoms with Gasteiger partial charge in [-0.05, 0) is 52.0 Å². The summed E-state index contributed by atoms with van der Waals surface area (Å²) >= 11 is 0. The van der Waals surface area contributed by atoms with Gasteiger partial charge < -0.3 is 20.1 Å². The van der Waals surface area contributed by atoms with E-state index in [-0.39, 0.29) is 18.2 Å². The number of alkyl carbamates (subject to hydrolysis) is 1. The maximum atomic E-state index is 12.0. The van der Waals surface area contributed by atoms with Gasteiger partial charge in [0, 0.05) is 13.2 Å². The number of carbonyl (C=O) groups is 1. The number of fused-ring (bicyclic) bond motifs is 4. The maximum Gasteiger partial charge on any atom is 0.407 e. The van der Waals surface area contributed by atoms with Gasteiger partial charge in [0.15, 0.2) is 0 Å². The molecule has 1 aliphatic carbocycles. The molecule has 2 saturated heterocycles. The van der Waals surface area contributed by atoms with E-state index >= 15 is 0 Å². The van der Waals surface area contributed by atoms with Gasteiger partial charge in [-0.15, -0.1) is 0 Å². The van der Waals surface area contributed by atoms with Crippen molar-refractivity contribution >= 4 is 6.09 Å². The van der Waals surface area contributed by atoms with Crippen molar-refractivity contribution in [3.05, 3.63) is 0 Å².